The highest BCUT2D eigenvalue weighted by Gasteiger charge is 2.13. The van der Waals surface area contributed by atoms with E-state index in [9.17, 15) is 0 Å². The maximum absolute atomic E-state index is 6.06. The molecule has 0 radical (unpaired) electrons. The van der Waals surface area contributed by atoms with E-state index >= 15 is 0 Å². The van der Waals surface area contributed by atoms with Gasteiger partial charge in [0.1, 0.15) is 0 Å². The van der Waals surface area contributed by atoms with Crippen molar-refractivity contribution < 1.29 is 4.74 Å². The van der Waals surface area contributed by atoms with Gasteiger partial charge >= 0.3 is 0 Å². The summed E-state index contributed by atoms with van der Waals surface area (Å²) in [4.78, 5) is 0. The first kappa shape index (κ1) is 13.9. The zero-order valence-electron chi connectivity index (χ0n) is 10.8. The molecule has 2 rings (SSSR count). The Morgan fingerprint density at radius 3 is 2.78 bits per heavy atom. The number of halogens is 1. The fourth-order valence-corrected chi connectivity index (χ4v) is 2.60. The maximum atomic E-state index is 6.06. The molecule has 0 unspecified atom stereocenters. The molecule has 1 fully saturated rings. The lowest BCUT2D eigenvalue weighted by atomic mass is 10.2. The average molecular weight is 268 g/mol. The molecule has 1 saturated carbocycles. The number of ether oxygens (including phenoxy) is 1. The molecule has 0 heterocycles. The molecule has 0 amide bonds. The number of hydrogen-bond donors (Lipinski definition) is 1. The monoisotopic (exact) mass is 267 g/mol. The Labute approximate surface area is 115 Å². The van der Waals surface area contributed by atoms with E-state index in [0.29, 0.717) is 6.61 Å². The highest BCUT2D eigenvalue weighted by molar-refractivity contribution is 6.31. The normalized spacial score (nSPS) is 16.3. The molecule has 0 spiro atoms. The van der Waals surface area contributed by atoms with Crippen LogP contribution in [0, 0.1) is 0 Å². The van der Waals surface area contributed by atoms with Crippen LogP contribution >= 0.6 is 11.6 Å². The van der Waals surface area contributed by atoms with Gasteiger partial charge in [-0.2, -0.15) is 0 Å². The smallest absolute Gasteiger partial charge is 0.0731 e. The molecule has 1 aliphatic carbocycles. The zero-order valence-corrected chi connectivity index (χ0v) is 11.6. The van der Waals surface area contributed by atoms with Gasteiger partial charge in [0.2, 0.25) is 0 Å². The molecule has 1 N–H and O–H groups in total. The van der Waals surface area contributed by atoms with Gasteiger partial charge in [-0.15, -0.1) is 0 Å². The molecule has 0 bridgehead atoms. The molecule has 0 atom stereocenters. The lowest BCUT2D eigenvalue weighted by molar-refractivity contribution is 0.118. The Morgan fingerprint density at radius 2 is 2.00 bits per heavy atom. The van der Waals surface area contributed by atoms with Crippen molar-refractivity contribution in [3.8, 4) is 0 Å². The second kappa shape index (κ2) is 7.78. The first-order valence-corrected chi connectivity index (χ1v) is 7.28. The number of hydrogen-bond acceptors (Lipinski definition) is 2. The topological polar surface area (TPSA) is 21.3 Å². The first-order chi connectivity index (χ1) is 8.86. The Balaban J connectivity index is 1.52. The van der Waals surface area contributed by atoms with Crippen LogP contribution in [0.5, 0.6) is 0 Å². The summed E-state index contributed by atoms with van der Waals surface area (Å²) in [7, 11) is 0. The second-order valence-electron chi connectivity index (χ2n) is 4.93. The van der Waals surface area contributed by atoms with Crippen LogP contribution in [0.25, 0.3) is 0 Å². The summed E-state index contributed by atoms with van der Waals surface area (Å²) in [6.45, 7) is 2.47. The minimum absolute atomic E-state index is 0.614. The van der Waals surface area contributed by atoms with E-state index in [4.69, 9.17) is 16.3 Å². The molecular weight excluding hydrogens is 246 g/mol. The van der Waals surface area contributed by atoms with Gasteiger partial charge in [0.25, 0.3) is 0 Å². The van der Waals surface area contributed by atoms with E-state index in [2.05, 4.69) is 5.32 Å². The molecule has 1 aromatic rings. The van der Waals surface area contributed by atoms with E-state index in [-0.39, 0.29) is 0 Å². The molecule has 0 aromatic heterocycles. The summed E-state index contributed by atoms with van der Waals surface area (Å²) in [6.07, 6.45) is 6.54. The van der Waals surface area contributed by atoms with E-state index in [1.54, 1.807) is 0 Å². The van der Waals surface area contributed by atoms with Gasteiger partial charge < -0.3 is 10.1 Å². The van der Waals surface area contributed by atoms with Gasteiger partial charge in [-0.05, 0) is 37.4 Å². The fourth-order valence-electron chi connectivity index (χ4n) is 2.41. The lowest BCUT2D eigenvalue weighted by Crippen LogP contribution is -2.27. The van der Waals surface area contributed by atoms with Gasteiger partial charge in [-0.25, -0.2) is 0 Å². The fraction of sp³-hybridized carbons (Fsp3) is 0.600. The molecule has 1 aliphatic rings. The van der Waals surface area contributed by atoms with Crippen molar-refractivity contribution in [3.63, 3.8) is 0 Å². The molecule has 0 saturated heterocycles. The molecule has 2 nitrogen and oxygen atoms in total. The Morgan fingerprint density at radius 1 is 1.22 bits per heavy atom. The average Bonchev–Trinajstić information content (AvgIpc) is 2.89. The van der Waals surface area contributed by atoms with Crippen molar-refractivity contribution in [3.05, 3.63) is 34.9 Å². The Bertz CT molecular complexity index is 350. The van der Waals surface area contributed by atoms with Crippen LogP contribution in [0.1, 0.15) is 37.7 Å². The van der Waals surface area contributed by atoms with Crippen molar-refractivity contribution >= 4 is 11.6 Å². The molecule has 100 valence electrons. The van der Waals surface area contributed by atoms with Gasteiger partial charge in [0, 0.05) is 17.7 Å². The predicted octanol–water partition coefficient (Wildman–Crippen LogP) is 3.78. The van der Waals surface area contributed by atoms with Gasteiger partial charge in [0.15, 0.2) is 0 Å². The van der Waals surface area contributed by atoms with Crippen molar-refractivity contribution in [2.45, 2.75) is 44.8 Å². The third kappa shape index (κ3) is 4.60. The highest BCUT2D eigenvalue weighted by Crippen LogP contribution is 2.17. The molecule has 18 heavy (non-hydrogen) atoms. The van der Waals surface area contributed by atoms with Gasteiger partial charge in [-0.3, -0.25) is 0 Å². The first-order valence-electron chi connectivity index (χ1n) is 6.91. The summed E-state index contributed by atoms with van der Waals surface area (Å²) in [6, 6.07) is 8.61. The van der Waals surface area contributed by atoms with Crippen molar-refractivity contribution in [1.29, 1.82) is 0 Å². The predicted molar refractivity (Wildman–Crippen MR) is 76.0 cm³/mol. The van der Waals surface area contributed by atoms with Gasteiger partial charge in [-0.1, -0.05) is 42.6 Å². The molecule has 3 heteroatoms. The quantitative estimate of drug-likeness (QED) is 0.759. The van der Waals surface area contributed by atoms with Crippen molar-refractivity contribution in [2.75, 3.05) is 13.2 Å². The summed E-state index contributed by atoms with van der Waals surface area (Å²) >= 11 is 6.06. The number of rotatable bonds is 7. The van der Waals surface area contributed by atoms with Crippen LogP contribution < -0.4 is 5.32 Å². The van der Waals surface area contributed by atoms with Crippen molar-refractivity contribution in [1.82, 2.24) is 5.32 Å². The second-order valence-corrected chi connectivity index (χ2v) is 5.34. The van der Waals surface area contributed by atoms with E-state index in [1.165, 1.54) is 25.7 Å². The zero-order chi connectivity index (χ0) is 12.6. The highest BCUT2D eigenvalue weighted by atomic mass is 35.5. The van der Waals surface area contributed by atoms with Gasteiger partial charge in [0.05, 0.1) is 6.61 Å². The number of benzene rings is 1. The largest absolute Gasteiger partial charge is 0.377 e. The van der Waals surface area contributed by atoms with Crippen LogP contribution in [0.15, 0.2) is 24.3 Å². The SMILES string of the molecule is Clc1ccccc1COCCCNC1CCCC1. The van der Waals surface area contributed by atoms with Crippen LogP contribution in [0.2, 0.25) is 5.02 Å². The third-order valence-electron chi connectivity index (χ3n) is 3.47. The minimum Gasteiger partial charge on any atom is -0.377 e. The van der Waals surface area contributed by atoms with Crippen LogP contribution in [0.4, 0.5) is 0 Å². The summed E-state index contributed by atoms with van der Waals surface area (Å²) < 4.78 is 5.64. The third-order valence-corrected chi connectivity index (χ3v) is 3.84. The summed E-state index contributed by atoms with van der Waals surface area (Å²) in [5.74, 6) is 0. The molecule has 0 aliphatic heterocycles. The van der Waals surface area contributed by atoms with E-state index in [1.807, 2.05) is 24.3 Å². The maximum Gasteiger partial charge on any atom is 0.0731 e. The van der Waals surface area contributed by atoms with Crippen LogP contribution in [-0.4, -0.2) is 19.2 Å². The minimum atomic E-state index is 0.614. The van der Waals surface area contributed by atoms with E-state index in [0.717, 1.165) is 36.2 Å². The molecular formula is C15H22ClNO. The molecule has 1 aromatic carbocycles. The summed E-state index contributed by atoms with van der Waals surface area (Å²) in [5, 5.41) is 4.38. The van der Waals surface area contributed by atoms with Crippen LogP contribution in [-0.2, 0) is 11.3 Å². The van der Waals surface area contributed by atoms with Crippen LogP contribution in [0.3, 0.4) is 0 Å². The van der Waals surface area contributed by atoms with Crippen molar-refractivity contribution in [2.24, 2.45) is 0 Å². The standard InChI is InChI=1S/C15H22ClNO/c16-15-9-4-1-6-13(15)12-18-11-5-10-17-14-7-2-3-8-14/h1,4,6,9,14,17H,2-3,5,7-8,10-12H2. The Kier molecular flexibility index (Phi) is 5.98. The Hall–Kier alpha value is -0.570. The lowest BCUT2D eigenvalue weighted by Gasteiger charge is -2.11. The number of nitrogens with one attached hydrogen (secondary N) is 1. The summed E-state index contributed by atoms with van der Waals surface area (Å²) in [5.41, 5.74) is 1.07. The van der Waals surface area contributed by atoms with E-state index < -0.39 is 0 Å².